The highest BCUT2D eigenvalue weighted by molar-refractivity contribution is 5.16. The van der Waals surface area contributed by atoms with Crippen LogP contribution >= 0.6 is 0 Å². The Balaban J connectivity index is 2.09. The van der Waals surface area contributed by atoms with Crippen LogP contribution in [0.1, 0.15) is 32.9 Å². The molecule has 1 fully saturated rings. The van der Waals surface area contributed by atoms with E-state index in [1.807, 2.05) is 12.1 Å². The first kappa shape index (κ1) is 14.3. The van der Waals surface area contributed by atoms with Crippen molar-refractivity contribution in [2.24, 2.45) is 0 Å². The first-order chi connectivity index (χ1) is 9.04. The summed E-state index contributed by atoms with van der Waals surface area (Å²) in [6.07, 6.45) is 1.16. The van der Waals surface area contributed by atoms with Crippen LogP contribution in [0.4, 0.5) is 0 Å². The van der Waals surface area contributed by atoms with E-state index in [9.17, 15) is 0 Å². The van der Waals surface area contributed by atoms with Gasteiger partial charge in [0.25, 0.3) is 0 Å². The van der Waals surface area contributed by atoms with Crippen LogP contribution in [0.3, 0.4) is 0 Å². The van der Waals surface area contributed by atoms with Crippen molar-refractivity contribution in [3.63, 3.8) is 0 Å². The molecule has 2 heterocycles. The number of nitrogens with zero attached hydrogens (tertiary/aromatic N) is 2. The third-order valence-corrected chi connectivity index (χ3v) is 3.76. The Labute approximate surface area is 116 Å². The number of ether oxygens (including phenoxy) is 1. The Bertz CT molecular complexity index is 420. The van der Waals surface area contributed by atoms with Crippen molar-refractivity contribution in [3.05, 3.63) is 23.9 Å². The molecule has 0 aromatic carbocycles. The summed E-state index contributed by atoms with van der Waals surface area (Å²) in [5.41, 5.74) is 1.25. The van der Waals surface area contributed by atoms with Crippen molar-refractivity contribution >= 4 is 0 Å². The van der Waals surface area contributed by atoms with Gasteiger partial charge in [-0.05, 0) is 26.3 Å². The van der Waals surface area contributed by atoms with E-state index in [-0.39, 0.29) is 5.54 Å². The minimum absolute atomic E-state index is 0.171. The molecule has 19 heavy (non-hydrogen) atoms. The van der Waals surface area contributed by atoms with Gasteiger partial charge < -0.3 is 10.1 Å². The van der Waals surface area contributed by atoms with E-state index < -0.39 is 0 Å². The minimum Gasteiger partial charge on any atom is -0.481 e. The van der Waals surface area contributed by atoms with Gasteiger partial charge in [-0.15, -0.1) is 0 Å². The Hall–Kier alpha value is -1.13. The largest absolute Gasteiger partial charge is 0.481 e. The summed E-state index contributed by atoms with van der Waals surface area (Å²) in [6.45, 7) is 9.74. The summed E-state index contributed by atoms with van der Waals surface area (Å²) < 4.78 is 5.20. The topological polar surface area (TPSA) is 37.4 Å². The number of aromatic nitrogens is 1. The van der Waals surface area contributed by atoms with Gasteiger partial charge in [0, 0.05) is 37.3 Å². The van der Waals surface area contributed by atoms with E-state index in [1.165, 1.54) is 0 Å². The maximum absolute atomic E-state index is 5.20. The zero-order valence-corrected chi connectivity index (χ0v) is 12.4. The fourth-order valence-corrected chi connectivity index (χ4v) is 2.67. The van der Waals surface area contributed by atoms with Gasteiger partial charge in [-0.1, -0.05) is 13.0 Å². The van der Waals surface area contributed by atoms with Crippen LogP contribution < -0.4 is 10.1 Å². The summed E-state index contributed by atoms with van der Waals surface area (Å²) in [5, 5.41) is 3.61. The lowest BCUT2D eigenvalue weighted by Gasteiger charge is -2.44. The van der Waals surface area contributed by atoms with E-state index in [4.69, 9.17) is 4.74 Å². The maximum Gasteiger partial charge on any atom is 0.213 e. The zero-order valence-electron chi connectivity index (χ0n) is 12.4. The van der Waals surface area contributed by atoms with Gasteiger partial charge in [-0.25, -0.2) is 4.98 Å². The standard InChI is InChI=1S/C15H25N3O/c1-5-13-9-16-15(2,3)11-18(13)10-12-7-6-8-14(17-12)19-4/h6-8,13,16H,5,9-11H2,1-4H3. The molecule has 1 aromatic heterocycles. The molecule has 2 rings (SSSR count). The Morgan fingerprint density at radius 2 is 2.26 bits per heavy atom. The molecule has 0 aliphatic carbocycles. The lowest BCUT2D eigenvalue weighted by molar-refractivity contribution is 0.0845. The molecule has 0 radical (unpaired) electrons. The molecular weight excluding hydrogens is 238 g/mol. The zero-order chi connectivity index (χ0) is 13.9. The predicted octanol–water partition coefficient (Wildman–Crippen LogP) is 2.05. The number of methoxy groups -OCH3 is 1. The summed E-state index contributed by atoms with van der Waals surface area (Å²) in [7, 11) is 1.66. The van der Waals surface area contributed by atoms with Crippen molar-refractivity contribution in [2.75, 3.05) is 20.2 Å². The Kier molecular flexibility index (Phi) is 4.42. The molecule has 0 amide bonds. The third kappa shape index (κ3) is 3.67. The van der Waals surface area contributed by atoms with E-state index in [2.05, 4.69) is 42.0 Å². The minimum atomic E-state index is 0.171. The van der Waals surface area contributed by atoms with Crippen LogP contribution in [0, 0.1) is 0 Å². The molecule has 0 spiro atoms. The molecule has 1 aliphatic heterocycles. The Morgan fingerprint density at radius 1 is 1.47 bits per heavy atom. The van der Waals surface area contributed by atoms with Gasteiger partial charge in [-0.3, -0.25) is 4.90 Å². The first-order valence-electron chi connectivity index (χ1n) is 7.03. The normalized spacial score (nSPS) is 23.3. The van der Waals surface area contributed by atoms with Crippen molar-refractivity contribution < 1.29 is 4.74 Å². The van der Waals surface area contributed by atoms with Gasteiger partial charge in [0.15, 0.2) is 0 Å². The first-order valence-corrected chi connectivity index (χ1v) is 7.03. The van der Waals surface area contributed by atoms with Crippen LogP contribution in [0.25, 0.3) is 0 Å². The number of hydrogen-bond donors (Lipinski definition) is 1. The second kappa shape index (κ2) is 5.88. The molecule has 1 atom stereocenters. The smallest absolute Gasteiger partial charge is 0.213 e. The molecule has 1 unspecified atom stereocenters. The summed E-state index contributed by atoms with van der Waals surface area (Å²) in [6, 6.07) is 6.56. The fourth-order valence-electron chi connectivity index (χ4n) is 2.67. The quantitative estimate of drug-likeness (QED) is 0.902. The number of nitrogens with one attached hydrogen (secondary N) is 1. The second-order valence-electron chi connectivity index (χ2n) is 5.90. The summed E-state index contributed by atoms with van der Waals surface area (Å²) in [5.74, 6) is 0.694. The number of hydrogen-bond acceptors (Lipinski definition) is 4. The van der Waals surface area contributed by atoms with Crippen LogP contribution in [-0.2, 0) is 6.54 Å². The molecule has 106 valence electrons. The highest BCUT2D eigenvalue weighted by atomic mass is 16.5. The second-order valence-corrected chi connectivity index (χ2v) is 5.90. The van der Waals surface area contributed by atoms with E-state index in [1.54, 1.807) is 7.11 Å². The number of rotatable bonds is 4. The van der Waals surface area contributed by atoms with Gasteiger partial charge in [0.05, 0.1) is 12.8 Å². The van der Waals surface area contributed by atoms with E-state index in [0.29, 0.717) is 11.9 Å². The number of piperazine rings is 1. The van der Waals surface area contributed by atoms with Crippen LogP contribution in [0.15, 0.2) is 18.2 Å². The monoisotopic (exact) mass is 263 g/mol. The molecular formula is C15H25N3O. The van der Waals surface area contributed by atoms with Crippen LogP contribution in [0.2, 0.25) is 0 Å². The average molecular weight is 263 g/mol. The average Bonchev–Trinajstić information content (AvgIpc) is 2.38. The van der Waals surface area contributed by atoms with Gasteiger partial charge in [0.1, 0.15) is 0 Å². The molecule has 4 heteroatoms. The van der Waals surface area contributed by atoms with Crippen molar-refractivity contribution in [2.45, 2.75) is 45.3 Å². The molecule has 1 aliphatic rings. The lowest BCUT2D eigenvalue weighted by atomic mass is 9.97. The van der Waals surface area contributed by atoms with Gasteiger partial charge >= 0.3 is 0 Å². The summed E-state index contributed by atoms with van der Waals surface area (Å²) in [4.78, 5) is 7.04. The van der Waals surface area contributed by atoms with Gasteiger partial charge in [-0.2, -0.15) is 0 Å². The van der Waals surface area contributed by atoms with Crippen LogP contribution in [0.5, 0.6) is 5.88 Å². The molecule has 4 nitrogen and oxygen atoms in total. The lowest BCUT2D eigenvalue weighted by Crippen LogP contribution is -2.61. The molecule has 1 N–H and O–H groups in total. The van der Waals surface area contributed by atoms with Crippen LogP contribution in [-0.4, -0.2) is 41.7 Å². The molecule has 0 bridgehead atoms. The molecule has 1 saturated heterocycles. The number of pyridine rings is 1. The third-order valence-electron chi connectivity index (χ3n) is 3.76. The SMILES string of the molecule is CCC1CNC(C)(C)CN1Cc1cccc(OC)n1. The van der Waals surface area contributed by atoms with Gasteiger partial charge in [0.2, 0.25) is 5.88 Å². The summed E-state index contributed by atoms with van der Waals surface area (Å²) >= 11 is 0. The van der Waals surface area contributed by atoms with Crippen molar-refractivity contribution in [3.8, 4) is 5.88 Å². The molecule has 1 aromatic rings. The fraction of sp³-hybridized carbons (Fsp3) is 0.667. The highest BCUT2D eigenvalue weighted by Crippen LogP contribution is 2.20. The molecule has 0 saturated carbocycles. The van der Waals surface area contributed by atoms with Crippen molar-refractivity contribution in [1.29, 1.82) is 0 Å². The maximum atomic E-state index is 5.20. The highest BCUT2D eigenvalue weighted by Gasteiger charge is 2.31. The van der Waals surface area contributed by atoms with E-state index >= 15 is 0 Å². The predicted molar refractivity (Wildman–Crippen MR) is 77.4 cm³/mol. The van der Waals surface area contributed by atoms with E-state index in [0.717, 1.165) is 31.7 Å². The van der Waals surface area contributed by atoms with Crippen molar-refractivity contribution in [1.82, 2.24) is 15.2 Å². The Morgan fingerprint density at radius 3 is 2.95 bits per heavy atom.